The van der Waals surface area contributed by atoms with Crippen LogP contribution in [0.25, 0.3) is 0 Å². The van der Waals surface area contributed by atoms with Crippen molar-refractivity contribution in [2.24, 2.45) is 0 Å². The van der Waals surface area contributed by atoms with Gasteiger partial charge in [0.1, 0.15) is 11.8 Å². The van der Waals surface area contributed by atoms with Crippen molar-refractivity contribution in [1.29, 1.82) is 0 Å². The fourth-order valence-electron chi connectivity index (χ4n) is 2.01. The van der Waals surface area contributed by atoms with Crippen LogP contribution in [0.4, 0.5) is 0 Å². The zero-order valence-electron chi connectivity index (χ0n) is 10.3. The van der Waals surface area contributed by atoms with E-state index in [-0.39, 0.29) is 24.0 Å². The van der Waals surface area contributed by atoms with Gasteiger partial charge in [-0.3, -0.25) is 9.59 Å². The number of phenols is 1. The Hall–Kier alpha value is -1.56. The van der Waals surface area contributed by atoms with E-state index in [0.29, 0.717) is 18.5 Å². The predicted molar refractivity (Wildman–Crippen MR) is 73.7 cm³/mol. The number of phenolic OH excluding ortho intramolecular Hbond substituents is 1. The van der Waals surface area contributed by atoms with Gasteiger partial charge in [0.2, 0.25) is 11.8 Å². The van der Waals surface area contributed by atoms with E-state index in [1.165, 1.54) is 6.07 Å². The van der Waals surface area contributed by atoms with Crippen LogP contribution in [-0.2, 0) is 16.0 Å². The van der Waals surface area contributed by atoms with Gasteiger partial charge in [-0.25, -0.2) is 0 Å². The second-order valence-corrected chi connectivity index (χ2v) is 5.42. The summed E-state index contributed by atoms with van der Waals surface area (Å²) >= 11 is 3.24. The molecule has 0 saturated carbocycles. The number of piperidine rings is 1. The van der Waals surface area contributed by atoms with E-state index in [2.05, 4.69) is 26.6 Å². The highest BCUT2D eigenvalue weighted by Gasteiger charge is 2.23. The fourth-order valence-corrected chi connectivity index (χ4v) is 2.36. The highest BCUT2D eigenvalue weighted by molar-refractivity contribution is 9.10. The van der Waals surface area contributed by atoms with Gasteiger partial charge in [-0.2, -0.15) is 0 Å². The third-order valence-electron chi connectivity index (χ3n) is 3.02. The van der Waals surface area contributed by atoms with Gasteiger partial charge in [0.05, 0.1) is 6.42 Å². The van der Waals surface area contributed by atoms with Gasteiger partial charge in [0.25, 0.3) is 0 Å². The van der Waals surface area contributed by atoms with E-state index in [9.17, 15) is 14.7 Å². The van der Waals surface area contributed by atoms with Crippen molar-refractivity contribution in [2.75, 3.05) is 6.54 Å². The number of aromatic hydroxyl groups is 1. The summed E-state index contributed by atoms with van der Waals surface area (Å²) in [6.07, 6.45) is 1.58. The summed E-state index contributed by atoms with van der Waals surface area (Å²) in [7, 11) is 0. The first-order valence-electron chi connectivity index (χ1n) is 6.11. The van der Waals surface area contributed by atoms with Crippen LogP contribution in [0.3, 0.4) is 0 Å². The average Bonchev–Trinajstić information content (AvgIpc) is 2.36. The van der Waals surface area contributed by atoms with Crippen LogP contribution in [0.15, 0.2) is 22.7 Å². The minimum Gasteiger partial charge on any atom is -0.508 e. The molecule has 1 atom stereocenters. The first-order valence-corrected chi connectivity index (χ1v) is 6.90. The molecule has 3 N–H and O–H groups in total. The molecule has 0 radical (unpaired) electrons. The topological polar surface area (TPSA) is 78.4 Å². The second kappa shape index (κ2) is 6.06. The second-order valence-electron chi connectivity index (χ2n) is 4.50. The number of amides is 2. The van der Waals surface area contributed by atoms with Crippen LogP contribution in [-0.4, -0.2) is 29.5 Å². The molecule has 5 nitrogen and oxygen atoms in total. The SMILES string of the molecule is O=C(Cc1ccc(Br)cc1O)NC1CCCNC1=O. The number of hydrogen-bond acceptors (Lipinski definition) is 3. The lowest BCUT2D eigenvalue weighted by Crippen LogP contribution is -2.50. The number of hydrogen-bond donors (Lipinski definition) is 3. The number of benzene rings is 1. The van der Waals surface area contributed by atoms with E-state index >= 15 is 0 Å². The molecule has 1 aliphatic rings. The number of carbonyl (C=O) groups is 2. The van der Waals surface area contributed by atoms with Gasteiger partial charge in [0, 0.05) is 16.6 Å². The van der Waals surface area contributed by atoms with Gasteiger partial charge in [-0.1, -0.05) is 22.0 Å². The maximum Gasteiger partial charge on any atom is 0.242 e. The van der Waals surface area contributed by atoms with E-state index in [0.717, 1.165) is 10.9 Å². The van der Waals surface area contributed by atoms with Crippen molar-refractivity contribution in [3.8, 4) is 5.75 Å². The molecule has 0 aliphatic carbocycles. The zero-order chi connectivity index (χ0) is 13.8. The lowest BCUT2D eigenvalue weighted by Gasteiger charge is -2.22. The van der Waals surface area contributed by atoms with E-state index < -0.39 is 6.04 Å². The molecule has 19 heavy (non-hydrogen) atoms. The molecule has 1 fully saturated rings. The molecule has 0 spiro atoms. The number of carbonyl (C=O) groups excluding carboxylic acids is 2. The number of rotatable bonds is 3. The first-order chi connectivity index (χ1) is 9.06. The van der Waals surface area contributed by atoms with Crippen molar-refractivity contribution < 1.29 is 14.7 Å². The van der Waals surface area contributed by atoms with Crippen molar-refractivity contribution >= 4 is 27.7 Å². The Morgan fingerprint density at radius 2 is 2.32 bits per heavy atom. The van der Waals surface area contributed by atoms with Crippen molar-refractivity contribution in [3.05, 3.63) is 28.2 Å². The Kier molecular flexibility index (Phi) is 4.42. The fraction of sp³-hybridized carbons (Fsp3) is 0.385. The molecule has 1 saturated heterocycles. The predicted octanol–water partition coefficient (Wildman–Crippen LogP) is 1.09. The highest BCUT2D eigenvalue weighted by Crippen LogP contribution is 2.22. The highest BCUT2D eigenvalue weighted by atomic mass is 79.9. The summed E-state index contributed by atoms with van der Waals surface area (Å²) in [6, 6.07) is 4.52. The molecule has 102 valence electrons. The molecule has 1 aromatic carbocycles. The van der Waals surface area contributed by atoms with Crippen LogP contribution in [0.2, 0.25) is 0 Å². The van der Waals surface area contributed by atoms with Crippen LogP contribution in [0, 0.1) is 0 Å². The van der Waals surface area contributed by atoms with Crippen molar-refractivity contribution in [3.63, 3.8) is 0 Å². The number of nitrogens with one attached hydrogen (secondary N) is 2. The minimum absolute atomic E-state index is 0.0584. The molecule has 1 aromatic rings. The van der Waals surface area contributed by atoms with Crippen LogP contribution < -0.4 is 10.6 Å². The Bertz CT molecular complexity index is 505. The van der Waals surface area contributed by atoms with E-state index in [1.54, 1.807) is 12.1 Å². The standard InChI is InChI=1S/C13H15BrN2O3/c14-9-4-3-8(11(17)7-9)6-12(18)16-10-2-1-5-15-13(10)19/h3-4,7,10,17H,1-2,5-6H2,(H,15,19)(H,16,18). The Morgan fingerprint density at radius 3 is 3.00 bits per heavy atom. The smallest absolute Gasteiger partial charge is 0.242 e. The van der Waals surface area contributed by atoms with E-state index in [1.807, 2.05) is 0 Å². The van der Waals surface area contributed by atoms with Gasteiger partial charge < -0.3 is 15.7 Å². The molecule has 6 heteroatoms. The molecule has 2 amide bonds. The van der Waals surface area contributed by atoms with Gasteiger partial charge in [-0.05, 0) is 25.0 Å². The molecule has 1 aliphatic heterocycles. The third kappa shape index (κ3) is 3.70. The lowest BCUT2D eigenvalue weighted by atomic mass is 10.1. The van der Waals surface area contributed by atoms with Crippen molar-refractivity contribution in [1.82, 2.24) is 10.6 Å². The maximum absolute atomic E-state index is 11.8. The zero-order valence-corrected chi connectivity index (χ0v) is 11.9. The summed E-state index contributed by atoms with van der Waals surface area (Å²) in [5.41, 5.74) is 0.539. The monoisotopic (exact) mass is 326 g/mol. The molecule has 0 aromatic heterocycles. The lowest BCUT2D eigenvalue weighted by molar-refractivity contribution is -0.129. The molecule has 0 bridgehead atoms. The molecule has 1 heterocycles. The molecule has 1 unspecified atom stereocenters. The van der Waals surface area contributed by atoms with Gasteiger partial charge in [-0.15, -0.1) is 0 Å². The van der Waals surface area contributed by atoms with Gasteiger partial charge in [0.15, 0.2) is 0 Å². The quantitative estimate of drug-likeness (QED) is 0.778. The third-order valence-corrected chi connectivity index (χ3v) is 3.51. The molecule has 2 rings (SSSR count). The Morgan fingerprint density at radius 1 is 1.53 bits per heavy atom. The first kappa shape index (κ1) is 13.9. The van der Waals surface area contributed by atoms with Gasteiger partial charge >= 0.3 is 0 Å². The maximum atomic E-state index is 11.8. The largest absolute Gasteiger partial charge is 0.508 e. The Labute approximate surface area is 119 Å². The Balaban J connectivity index is 1.95. The van der Waals surface area contributed by atoms with Crippen LogP contribution >= 0.6 is 15.9 Å². The summed E-state index contributed by atoms with van der Waals surface area (Å²) < 4.78 is 0.751. The van der Waals surface area contributed by atoms with E-state index in [4.69, 9.17) is 0 Å². The van der Waals surface area contributed by atoms with Crippen molar-refractivity contribution in [2.45, 2.75) is 25.3 Å². The normalized spacial score (nSPS) is 18.8. The molecular formula is C13H15BrN2O3. The summed E-state index contributed by atoms with van der Waals surface area (Å²) in [5.74, 6) is -0.336. The van der Waals surface area contributed by atoms with Crippen LogP contribution in [0.5, 0.6) is 5.75 Å². The summed E-state index contributed by atoms with van der Waals surface area (Å²) in [5, 5.41) is 15.1. The minimum atomic E-state index is -0.459. The summed E-state index contributed by atoms with van der Waals surface area (Å²) in [6.45, 7) is 0.665. The summed E-state index contributed by atoms with van der Waals surface area (Å²) in [4.78, 5) is 23.4. The number of halogens is 1. The average molecular weight is 327 g/mol. The van der Waals surface area contributed by atoms with Crippen LogP contribution in [0.1, 0.15) is 18.4 Å². The molecular weight excluding hydrogens is 312 g/mol.